The Bertz CT molecular complexity index is 444. The van der Waals surface area contributed by atoms with E-state index >= 15 is 0 Å². The third-order valence-electron chi connectivity index (χ3n) is 3.25. The number of amides is 1. The minimum atomic E-state index is 0.00587. The van der Waals surface area contributed by atoms with Crippen LogP contribution < -0.4 is 10.1 Å². The lowest BCUT2D eigenvalue weighted by molar-refractivity contribution is -0.124. The molecule has 19 heavy (non-hydrogen) atoms. The molecule has 4 nitrogen and oxygen atoms in total. The average molecular weight is 284 g/mol. The number of methoxy groups -OCH3 is 1. The van der Waals surface area contributed by atoms with Crippen molar-refractivity contribution in [3.8, 4) is 5.75 Å². The maximum absolute atomic E-state index is 11.8. The zero-order chi connectivity index (χ0) is 13.7. The van der Waals surface area contributed by atoms with Gasteiger partial charge in [0.05, 0.1) is 19.6 Å². The van der Waals surface area contributed by atoms with Crippen molar-refractivity contribution >= 4 is 17.5 Å². The maximum atomic E-state index is 11.8. The lowest BCUT2D eigenvalue weighted by Crippen LogP contribution is -2.32. The molecule has 0 radical (unpaired) electrons. The number of ether oxygens (including phenoxy) is 2. The number of benzene rings is 1. The fourth-order valence-electron chi connectivity index (χ4n) is 2.06. The zero-order valence-electron chi connectivity index (χ0n) is 10.9. The van der Waals surface area contributed by atoms with Gasteiger partial charge in [0.1, 0.15) is 5.75 Å². The minimum absolute atomic E-state index is 0.00587. The van der Waals surface area contributed by atoms with Crippen LogP contribution in [0.3, 0.4) is 0 Å². The molecule has 1 fully saturated rings. The van der Waals surface area contributed by atoms with Gasteiger partial charge in [-0.05, 0) is 30.5 Å². The van der Waals surface area contributed by atoms with Gasteiger partial charge >= 0.3 is 0 Å². The Hall–Kier alpha value is -1.26. The van der Waals surface area contributed by atoms with Gasteiger partial charge in [0.25, 0.3) is 0 Å². The Morgan fingerprint density at radius 2 is 2.42 bits per heavy atom. The third kappa shape index (κ3) is 3.85. The second-order valence-corrected chi connectivity index (χ2v) is 4.97. The molecule has 1 N–H and O–H groups in total. The molecule has 104 valence electrons. The van der Waals surface area contributed by atoms with Crippen LogP contribution in [-0.4, -0.2) is 32.8 Å². The molecule has 0 saturated carbocycles. The standard InChI is InChI=1S/C14H18ClNO3/c1-18-12-3-2-10(13(15)8-12)4-6-16-14(17)11-5-7-19-9-11/h2-3,8,11H,4-7,9H2,1H3,(H,16,17)/t11-/m0/s1. The highest BCUT2D eigenvalue weighted by Gasteiger charge is 2.22. The van der Waals surface area contributed by atoms with Crippen LogP contribution in [0.4, 0.5) is 0 Å². The average Bonchev–Trinajstić information content (AvgIpc) is 2.94. The van der Waals surface area contributed by atoms with Crippen LogP contribution in [-0.2, 0) is 16.0 Å². The van der Waals surface area contributed by atoms with Gasteiger partial charge in [-0.25, -0.2) is 0 Å². The van der Waals surface area contributed by atoms with Crippen LogP contribution >= 0.6 is 11.6 Å². The molecule has 1 aromatic rings. The van der Waals surface area contributed by atoms with Crippen molar-refractivity contribution in [2.24, 2.45) is 5.92 Å². The summed E-state index contributed by atoms with van der Waals surface area (Å²) in [6.45, 7) is 1.80. The van der Waals surface area contributed by atoms with Crippen molar-refractivity contribution in [3.63, 3.8) is 0 Å². The molecule has 1 aromatic carbocycles. The fraction of sp³-hybridized carbons (Fsp3) is 0.500. The predicted octanol–water partition coefficient (Wildman–Crippen LogP) is 2.04. The molecule has 0 aromatic heterocycles. The van der Waals surface area contributed by atoms with E-state index in [1.165, 1.54) is 0 Å². The number of hydrogen-bond acceptors (Lipinski definition) is 3. The fourth-order valence-corrected chi connectivity index (χ4v) is 2.33. The number of nitrogens with one attached hydrogen (secondary N) is 1. The molecule has 0 unspecified atom stereocenters. The Balaban J connectivity index is 1.80. The monoisotopic (exact) mass is 283 g/mol. The highest BCUT2D eigenvalue weighted by Crippen LogP contribution is 2.22. The van der Waals surface area contributed by atoms with E-state index in [4.69, 9.17) is 21.1 Å². The Morgan fingerprint density at radius 1 is 1.58 bits per heavy atom. The first kappa shape index (κ1) is 14.2. The lowest BCUT2D eigenvalue weighted by atomic mass is 10.1. The van der Waals surface area contributed by atoms with Gasteiger partial charge in [-0.2, -0.15) is 0 Å². The number of carbonyl (C=O) groups is 1. The Kier molecular flexibility index (Phi) is 5.05. The van der Waals surface area contributed by atoms with E-state index in [1.807, 2.05) is 12.1 Å². The van der Waals surface area contributed by atoms with Crippen LogP contribution in [0.1, 0.15) is 12.0 Å². The number of carbonyl (C=O) groups excluding carboxylic acids is 1. The normalized spacial score (nSPS) is 18.3. The summed E-state index contributed by atoms with van der Waals surface area (Å²) in [6.07, 6.45) is 1.53. The van der Waals surface area contributed by atoms with Crippen LogP contribution in [0.2, 0.25) is 5.02 Å². The van der Waals surface area contributed by atoms with Crippen molar-refractivity contribution in [3.05, 3.63) is 28.8 Å². The minimum Gasteiger partial charge on any atom is -0.497 e. The first-order chi connectivity index (χ1) is 9.20. The van der Waals surface area contributed by atoms with Crippen LogP contribution in [0, 0.1) is 5.92 Å². The highest BCUT2D eigenvalue weighted by molar-refractivity contribution is 6.31. The second-order valence-electron chi connectivity index (χ2n) is 4.56. The largest absolute Gasteiger partial charge is 0.497 e. The summed E-state index contributed by atoms with van der Waals surface area (Å²) in [5.41, 5.74) is 1.01. The quantitative estimate of drug-likeness (QED) is 0.900. The summed E-state index contributed by atoms with van der Waals surface area (Å²) in [4.78, 5) is 11.8. The molecule has 1 amide bonds. The summed E-state index contributed by atoms with van der Waals surface area (Å²) in [5.74, 6) is 0.814. The maximum Gasteiger partial charge on any atom is 0.225 e. The topological polar surface area (TPSA) is 47.6 Å². The van der Waals surface area contributed by atoms with Crippen LogP contribution in [0.25, 0.3) is 0 Å². The molecule has 0 bridgehead atoms. The van der Waals surface area contributed by atoms with E-state index < -0.39 is 0 Å². The van der Waals surface area contributed by atoms with Crippen molar-refractivity contribution in [1.82, 2.24) is 5.32 Å². The lowest BCUT2D eigenvalue weighted by Gasteiger charge is -2.10. The predicted molar refractivity (Wildman–Crippen MR) is 73.6 cm³/mol. The van der Waals surface area contributed by atoms with Gasteiger partial charge in [0.15, 0.2) is 0 Å². The van der Waals surface area contributed by atoms with Gasteiger partial charge in [-0.15, -0.1) is 0 Å². The molecule has 1 saturated heterocycles. The molecule has 1 aliphatic heterocycles. The summed E-state index contributed by atoms with van der Waals surface area (Å²) in [7, 11) is 1.61. The van der Waals surface area contributed by atoms with Crippen molar-refractivity contribution in [2.75, 3.05) is 26.9 Å². The molecule has 0 aliphatic carbocycles. The van der Waals surface area contributed by atoms with Gasteiger partial charge in [-0.1, -0.05) is 17.7 Å². The molecule has 0 spiro atoms. The number of hydrogen-bond donors (Lipinski definition) is 1. The van der Waals surface area contributed by atoms with E-state index in [2.05, 4.69) is 5.32 Å². The van der Waals surface area contributed by atoms with Crippen molar-refractivity contribution in [2.45, 2.75) is 12.8 Å². The highest BCUT2D eigenvalue weighted by atomic mass is 35.5. The van der Waals surface area contributed by atoms with Crippen molar-refractivity contribution < 1.29 is 14.3 Å². The van der Waals surface area contributed by atoms with E-state index in [-0.39, 0.29) is 11.8 Å². The van der Waals surface area contributed by atoms with Gasteiger partial charge in [0.2, 0.25) is 5.91 Å². The molecule has 1 heterocycles. The summed E-state index contributed by atoms with van der Waals surface area (Å²) < 4.78 is 10.3. The third-order valence-corrected chi connectivity index (χ3v) is 3.61. The molecule has 1 atom stereocenters. The zero-order valence-corrected chi connectivity index (χ0v) is 11.7. The first-order valence-corrected chi connectivity index (χ1v) is 6.76. The molecule has 5 heteroatoms. The Labute approximate surface area is 118 Å². The summed E-state index contributed by atoms with van der Waals surface area (Å²) >= 11 is 6.14. The molecular weight excluding hydrogens is 266 g/mol. The van der Waals surface area contributed by atoms with Gasteiger partial charge < -0.3 is 14.8 Å². The molecule has 1 aliphatic rings. The Morgan fingerprint density at radius 3 is 3.05 bits per heavy atom. The van der Waals surface area contributed by atoms with Crippen molar-refractivity contribution in [1.29, 1.82) is 0 Å². The van der Waals surface area contributed by atoms with Gasteiger partial charge in [-0.3, -0.25) is 4.79 Å². The van der Waals surface area contributed by atoms with E-state index in [0.717, 1.165) is 17.7 Å². The van der Waals surface area contributed by atoms with Gasteiger partial charge in [0, 0.05) is 18.2 Å². The number of rotatable bonds is 5. The summed E-state index contributed by atoms with van der Waals surface area (Å²) in [6, 6.07) is 5.57. The van der Waals surface area contributed by atoms with E-state index in [1.54, 1.807) is 13.2 Å². The number of halogens is 1. The molecule has 2 rings (SSSR count). The molecular formula is C14H18ClNO3. The SMILES string of the molecule is COc1ccc(CCNC(=O)[C@H]2CCOC2)c(Cl)c1. The van der Waals surface area contributed by atoms with E-state index in [0.29, 0.717) is 31.2 Å². The smallest absolute Gasteiger partial charge is 0.225 e. The van der Waals surface area contributed by atoms with Crippen LogP contribution in [0.5, 0.6) is 5.75 Å². The second kappa shape index (κ2) is 6.78. The first-order valence-electron chi connectivity index (χ1n) is 6.38. The summed E-state index contributed by atoms with van der Waals surface area (Å²) in [5, 5.41) is 3.58. The van der Waals surface area contributed by atoms with Crippen LogP contribution in [0.15, 0.2) is 18.2 Å². The van der Waals surface area contributed by atoms with E-state index in [9.17, 15) is 4.79 Å².